The topological polar surface area (TPSA) is 113 Å². The fourth-order valence-electron chi connectivity index (χ4n) is 3.22. The van der Waals surface area contributed by atoms with Gasteiger partial charge in [-0.05, 0) is 38.0 Å². The van der Waals surface area contributed by atoms with Crippen molar-refractivity contribution in [2.24, 2.45) is 0 Å². The van der Waals surface area contributed by atoms with Gasteiger partial charge in [-0.15, -0.1) is 0 Å². The molecule has 2 aromatic rings. The predicted molar refractivity (Wildman–Crippen MR) is 122 cm³/mol. The average Bonchev–Trinajstić information content (AvgIpc) is 2.71. The fourth-order valence-corrected chi connectivity index (χ4v) is 4.44. The number of carbonyl (C=O) groups excluding carboxylic acids is 1. The minimum atomic E-state index is -3.87. The number of nitrogens with one attached hydrogen (secondary N) is 1. The minimum absolute atomic E-state index is 0.114. The summed E-state index contributed by atoms with van der Waals surface area (Å²) < 4.78 is 25.8. The van der Waals surface area contributed by atoms with Gasteiger partial charge in [0.1, 0.15) is 6.04 Å². The molecule has 0 radical (unpaired) electrons. The first kappa shape index (κ1) is 24.1. The van der Waals surface area contributed by atoms with Crippen molar-refractivity contribution in [3.63, 3.8) is 0 Å². The summed E-state index contributed by atoms with van der Waals surface area (Å²) in [6.45, 7) is 4.18. The Morgan fingerprint density at radius 1 is 1.19 bits per heavy atom. The van der Waals surface area contributed by atoms with E-state index in [9.17, 15) is 23.3 Å². The normalized spacial score (nSPS) is 12.1. The van der Waals surface area contributed by atoms with Crippen molar-refractivity contribution >= 4 is 33.0 Å². The molecule has 2 aromatic carbocycles. The van der Waals surface area contributed by atoms with Crippen molar-refractivity contribution in [3.8, 4) is 0 Å². The van der Waals surface area contributed by atoms with Crippen LogP contribution in [0.25, 0.3) is 0 Å². The van der Waals surface area contributed by atoms with E-state index in [4.69, 9.17) is 0 Å². The Kier molecular flexibility index (Phi) is 7.98. The van der Waals surface area contributed by atoms with E-state index >= 15 is 0 Å². The van der Waals surface area contributed by atoms with Crippen molar-refractivity contribution in [2.75, 3.05) is 35.6 Å². The minimum Gasteiger partial charge on any atom is -0.375 e. The van der Waals surface area contributed by atoms with Crippen LogP contribution < -0.4 is 14.5 Å². The number of para-hydroxylation sites is 1. The van der Waals surface area contributed by atoms with E-state index in [1.54, 1.807) is 6.92 Å². The van der Waals surface area contributed by atoms with E-state index in [2.05, 4.69) is 10.2 Å². The molecule has 2 rings (SSSR count). The molecule has 0 bridgehead atoms. The maximum absolute atomic E-state index is 12.7. The van der Waals surface area contributed by atoms with E-state index in [-0.39, 0.29) is 11.4 Å². The van der Waals surface area contributed by atoms with Gasteiger partial charge in [-0.3, -0.25) is 19.2 Å². The van der Waals surface area contributed by atoms with Crippen LogP contribution in [0.4, 0.5) is 17.1 Å². The van der Waals surface area contributed by atoms with E-state index in [1.807, 2.05) is 37.4 Å². The smallest absolute Gasteiger partial charge is 0.271 e. The quantitative estimate of drug-likeness (QED) is 0.340. The highest BCUT2D eigenvalue weighted by Gasteiger charge is 2.31. The Labute approximate surface area is 182 Å². The number of anilines is 2. The highest BCUT2D eigenvalue weighted by Crippen LogP contribution is 2.29. The van der Waals surface area contributed by atoms with Gasteiger partial charge in [0.25, 0.3) is 5.69 Å². The Morgan fingerprint density at radius 3 is 2.42 bits per heavy atom. The Hall–Kier alpha value is -3.14. The van der Waals surface area contributed by atoms with Gasteiger partial charge < -0.3 is 10.2 Å². The Bertz CT molecular complexity index is 1030. The van der Waals surface area contributed by atoms with Gasteiger partial charge in [0, 0.05) is 38.0 Å². The van der Waals surface area contributed by atoms with Crippen LogP contribution in [0.3, 0.4) is 0 Å². The van der Waals surface area contributed by atoms with Crippen LogP contribution in [-0.2, 0) is 14.8 Å². The molecule has 0 heterocycles. The fraction of sp³-hybridized carbons (Fsp3) is 0.381. The lowest BCUT2D eigenvalue weighted by Gasteiger charge is -2.29. The first-order chi connectivity index (χ1) is 14.5. The van der Waals surface area contributed by atoms with Crippen molar-refractivity contribution in [1.82, 2.24) is 5.32 Å². The number of hydrogen-bond donors (Lipinski definition) is 1. The molecule has 168 valence electrons. The molecular formula is C21H28N4O5S. The molecule has 0 aliphatic heterocycles. The summed E-state index contributed by atoms with van der Waals surface area (Å²) in [4.78, 5) is 25.3. The molecule has 1 unspecified atom stereocenters. The van der Waals surface area contributed by atoms with Crippen LogP contribution in [0.15, 0.2) is 48.5 Å². The molecule has 31 heavy (non-hydrogen) atoms. The summed E-state index contributed by atoms with van der Waals surface area (Å²) >= 11 is 0. The first-order valence-electron chi connectivity index (χ1n) is 9.80. The van der Waals surface area contributed by atoms with Crippen molar-refractivity contribution in [1.29, 1.82) is 0 Å². The zero-order valence-electron chi connectivity index (χ0n) is 18.1. The van der Waals surface area contributed by atoms with Gasteiger partial charge in [0.05, 0.1) is 16.9 Å². The van der Waals surface area contributed by atoms with Crippen molar-refractivity contribution < 1.29 is 18.1 Å². The molecule has 0 saturated carbocycles. The highest BCUT2D eigenvalue weighted by atomic mass is 32.2. The van der Waals surface area contributed by atoms with Crippen molar-refractivity contribution in [2.45, 2.75) is 26.3 Å². The lowest BCUT2D eigenvalue weighted by atomic mass is 10.1. The number of benzene rings is 2. The number of carbonyl (C=O) groups is 1. The van der Waals surface area contributed by atoms with Gasteiger partial charge in [-0.1, -0.05) is 24.3 Å². The number of non-ortho nitro benzene ring substituents is 1. The zero-order chi connectivity index (χ0) is 23.2. The number of nitrogens with zero attached hydrogens (tertiary/aromatic N) is 3. The van der Waals surface area contributed by atoms with E-state index in [0.717, 1.165) is 16.2 Å². The summed E-state index contributed by atoms with van der Waals surface area (Å²) in [5.74, 6) is -0.473. The molecular weight excluding hydrogens is 420 g/mol. The summed E-state index contributed by atoms with van der Waals surface area (Å²) in [6, 6.07) is 12.7. The number of nitro groups is 1. The number of rotatable bonds is 10. The van der Waals surface area contributed by atoms with Crippen molar-refractivity contribution in [3.05, 3.63) is 64.2 Å². The monoisotopic (exact) mass is 448 g/mol. The van der Waals surface area contributed by atoms with Gasteiger partial charge >= 0.3 is 0 Å². The molecule has 1 N–H and O–H groups in total. The molecule has 0 fully saturated rings. The number of aryl methyl sites for hydroxylation is 1. The van der Waals surface area contributed by atoms with Crippen LogP contribution >= 0.6 is 0 Å². The van der Waals surface area contributed by atoms with E-state index in [0.29, 0.717) is 25.1 Å². The number of hydrogen-bond acceptors (Lipinski definition) is 6. The Balaban J connectivity index is 2.07. The summed E-state index contributed by atoms with van der Waals surface area (Å²) in [5.41, 5.74) is 1.45. The van der Waals surface area contributed by atoms with Gasteiger partial charge in [-0.2, -0.15) is 0 Å². The van der Waals surface area contributed by atoms with Crippen LogP contribution in [0.5, 0.6) is 0 Å². The van der Waals surface area contributed by atoms with Crippen LogP contribution in [0.1, 0.15) is 18.9 Å². The highest BCUT2D eigenvalue weighted by molar-refractivity contribution is 7.92. The third kappa shape index (κ3) is 6.42. The molecule has 1 amide bonds. The standard InChI is InChI=1S/C21H28N4O5S/c1-16-11-12-19(25(27)28)15-20(16)24(31(4,29)30)17(2)21(26)22-13-8-14-23(3)18-9-6-5-7-10-18/h5-7,9-12,15,17H,8,13-14H2,1-4H3,(H,22,26). The van der Waals surface area contributed by atoms with Gasteiger partial charge in [0.2, 0.25) is 15.9 Å². The third-order valence-electron chi connectivity index (χ3n) is 4.90. The summed E-state index contributed by atoms with van der Waals surface area (Å²) in [6.07, 6.45) is 1.64. The molecule has 0 spiro atoms. The predicted octanol–water partition coefficient (Wildman–Crippen LogP) is 2.70. The maximum atomic E-state index is 12.7. The molecule has 0 aliphatic carbocycles. The molecule has 0 aliphatic rings. The Morgan fingerprint density at radius 2 is 1.84 bits per heavy atom. The second-order valence-electron chi connectivity index (χ2n) is 7.36. The van der Waals surface area contributed by atoms with E-state index in [1.165, 1.54) is 25.1 Å². The molecule has 9 nitrogen and oxygen atoms in total. The third-order valence-corrected chi connectivity index (χ3v) is 6.12. The summed E-state index contributed by atoms with van der Waals surface area (Å²) in [5, 5.41) is 13.9. The molecule has 1 atom stereocenters. The SMILES string of the molecule is Cc1ccc([N+](=O)[O-])cc1N(C(C)C(=O)NCCCN(C)c1ccccc1)S(C)(=O)=O. The van der Waals surface area contributed by atoms with Gasteiger partial charge in [0.15, 0.2) is 0 Å². The van der Waals surface area contributed by atoms with Crippen LogP contribution in [0.2, 0.25) is 0 Å². The number of amides is 1. The summed E-state index contributed by atoms with van der Waals surface area (Å²) in [7, 11) is -1.91. The van der Waals surface area contributed by atoms with E-state index < -0.39 is 26.9 Å². The lowest BCUT2D eigenvalue weighted by molar-refractivity contribution is -0.384. The maximum Gasteiger partial charge on any atom is 0.271 e. The first-order valence-corrected chi connectivity index (χ1v) is 11.7. The second-order valence-corrected chi connectivity index (χ2v) is 9.22. The second kappa shape index (κ2) is 10.3. The van der Waals surface area contributed by atoms with Crippen LogP contribution in [-0.4, -0.2) is 51.7 Å². The zero-order valence-corrected chi connectivity index (χ0v) is 18.9. The number of nitro benzene ring substituents is 1. The number of sulfonamides is 1. The molecule has 0 saturated heterocycles. The van der Waals surface area contributed by atoms with Crippen LogP contribution in [0, 0.1) is 17.0 Å². The largest absolute Gasteiger partial charge is 0.375 e. The van der Waals surface area contributed by atoms with Gasteiger partial charge in [-0.25, -0.2) is 8.42 Å². The molecule has 10 heteroatoms. The average molecular weight is 449 g/mol. The molecule has 0 aromatic heterocycles. The lowest BCUT2D eigenvalue weighted by Crippen LogP contribution is -2.48.